The molecule has 192 valence electrons. The first kappa shape index (κ1) is 23.6. The molecule has 0 spiro atoms. The number of hydrogen-bond donors (Lipinski definition) is 4. The Hall–Kier alpha value is -3.81. The number of imidazole rings is 1. The van der Waals surface area contributed by atoms with Crippen LogP contribution in [-0.2, 0) is 0 Å². The first-order valence-electron chi connectivity index (χ1n) is 12.2. The van der Waals surface area contributed by atoms with Crippen LogP contribution in [0, 0.1) is 0 Å². The topological polar surface area (TPSA) is 155 Å². The maximum absolute atomic E-state index is 13.1. The quantitative estimate of drug-likeness (QED) is 0.267. The standard InChI is InChI=1S/C24H26N8O4S/c33-10-9-30-5-7-31(8-6-30)23(35)19-4-3-18(37-19)16-12-20(26-15-1-2-15)32-21(27-16)14(13-25-32)11-17-22(34)29-24(36)28-17/h3-4,11-13,15,33-34H,1-2,5-10H2,(H2,28,29,36). The first-order valence-corrected chi connectivity index (χ1v) is 13.0. The second kappa shape index (κ2) is 9.57. The van der Waals surface area contributed by atoms with Crippen LogP contribution in [0.25, 0.3) is 22.3 Å². The second-order valence-corrected chi connectivity index (χ2v) is 10.3. The number of carbonyl (C=O) groups is 1. The molecule has 5 heterocycles. The van der Waals surface area contributed by atoms with Crippen molar-refractivity contribution in [2.24, 2.45) is 4.99 Å². The number of aromatic hydroxyl groups is 1. The minimum atomic E-state index is -0.510. The molecule has 0 unspecified atom stereocenters. The molecule has 1 amide bonds. The zero-order valence-corrected chi connectivity index (χ0v) is 20.7. The van der Waals surface area contributed by atoms with E-state index in [2.05, 4.69) is 20.0 Å². The Kier molecular flexibility index (Phi) is 6.10. The Labute approximate surface area is 214 Å². The lowest BCUT2D eigenvalue weighted by Crippen LogP contribution is -2.49. The third-order valence-electron chi connectivity index (χ3n) is 6.52. The number of nitrogens with zero attached hydrogens (tertiary/aromatic N) is 6. The summed E-state index contributed by atoms with van der Waals surface area (Å²) in [5.41, 5.74) is 1.58. The summed E-state index contributed by atoms with van der Waals surface area (Å²) in [6.45, 7) is 3.50. The highest BCUT2D eigenvalue weighted by molar-refractivity contribution is 7.17. The maximum atomic E-state index is 13.1. The Morgan fingerprint density at radius 2 is 2.03 bits per heavy atom. The van der Waals surface area contributed by atoms with Crippen molar-refractivity contribution in [1.29, 1.82) is 0 Å². The van der Waals surface area contributed by atoms with E-state index in [1.807, 2.05) is 23.1 Å². The van der Waals surface area contributed by atoms with Crippen molar-refractivity contribution < 1.29 is 15.0 Å². The number of aromatic amines is 2. The number of rotatable bonds is 6. The molecule has 0 aromatic carbocycles. The number of β-amino-alcohol motifs (C(OH)–C–C–N with tert-alkyl or cyclic N) is 1. The molecule has 12 nitrogen and oxygen atoms in total. The van der Waals surface area contributed by atoms with Crippen molar-refractivity contribution >= 4 is 29.0 Å². The van der Waals surface area contributed by atoms with Gasteiger partial charge in [-0.25, -0.2) is 9.78 Å². The van der Waals surface area contributed by atoms with Gasteiger partial charge in [-0.2, -0.15) is 9.61 Å². The molecule has 1 aliphatic heterocycles. The number of fused-ring (bicyclic) bond motifs is 1. The molecule has 0 radical (unpaired) electrons. The number of H-pyrrole nitrogens is 2. The van der Waals surface area contributed by atoms with E-state index in [9.17, 15) is 14.7 Å². The van der Waals surface area contributed by atoms with E-state index in [0.29, 0.717) is 46.6 Å². The van der Waals surface area contributed by atoms with Crippen LogP contribution in [0.5, 0.6) is 5.88 Å². The van der Waals surface area contributed by atoms with Crippen LogP contribution >= 0.6 is 11.3 Å². The Morgan fingerprint density at radius 3 is 2.73 bits per heavy atom. The van der Waals surface area contributed by atoms with E-state index in [1.54, 1.807) is 16.8 Å². The molecule has 6 rings (SSSR count). The van der Waals surface area contributed by atoms with E-state index in [-0.39, 0.29) is 30.1 Å². The molecule has 1 aliphatic carbocycles. The third kappa shape index (κ3) is 4.80. The monoisotopic (exact) mass is 522 g/mol. The van der Waals surface area contributed by atoms with E-state index in [1.165, 1.54) is 11.3 Å². The number of amides is 1. The highest BCUT2D eigenvalue weighted by atomic mass is 32.1. The second-order valence-electron chi connectivity index (χ2n) is 9.20. The van der Waals surface area contributed by atoms with Crippen LogP contribution in [0.3, 0.4) is 0 Å². The van der Waals surface area contributed by atoms with Crippen LogP contribution in [0.2, 0.25) is 0 Å². The van der Waals surface area contributed by atoms with Gasteiger partial charge in [-0.05, 0) is 31.1 Å². The van der Waals surface area contributed by atoms with Gasteiger partial charge in [-0.1, -0.05) is 0 Å². The molecule has 4 aromatic heterocycles. The van der Waals surface area contributed by atoms with E-state index < -0.39 is 5.69 Å². The lowest BCUT2D eigenvalue weighted by atomic mass is 10.2. The molecule has 4 N–H and O–H groups in total. The van der Waals surface area contributed by atoms with Crippen molar-refractivity contribution in [2.45, 2.75) is 18.9 Å². The highest BCUT2D eigenvalue weighted by Gasteiger charge is 2.24. The molecule has 0 bridgehead atoms. The average molecular weight is 523 g/mol. The molecule has 1 saturated carbocycles. The van der Waals surface area contributed by atoms with Crippen LogP contribution in [0.4, 0.5) is 0 Å². The number of aromatic nitrogens is 5. The fraction of sp³-hybridized carbons (Fsp3) is 0.375. The van der Waals surface area contributed by atoms with Crippen molar-refractivity contribution in [3.05, 3.63) is 56.2 Å². The molecular weight excluding hydrogens is 496 g/mol. The Morgan fingerprint density at radius 1 is 1.22 bits per heavy atom. The van der Waals surface area contributed by atoms with Gasteiger partial charge in [0, 0.05) is 44.0 Å². The van der Waals surface area contributed by atoms with Gasteiger partial charge in [0.1, 0.15) is 5.69 Å². The van der Waals surface area contributed by atoms with Crippen LogP contribution < -0.4 is 16.4 Å². The van der Waals surface area contributed by atoms with E-state index in [0.717, 1.165) is 30.8 Å². The number of nitrogens with one attached hydrogen (secondary N) is 2. The van der Waals surface area contributed by atoms with Crippen molar-refractivity contribution in [3.63, 3.8) is 0 Å². The summed E-state index contributed by atoms with van der Waals surface area (Å²) < 4.78 is 1.65. The predicted molar refractivity (Wildman–Crippen MR) is 136 cm³/mol. The van der Waals surface area contributed by atoms with Crippen molar-refractivity contribution in [1.82, 2.24) is 34.4 Å². The zero-order chi connectivity index (χ0) is 25.5. The summed E-state index contributed by atoms with van der Waals surface area (Å²) in [7, 11) is 0. The van der Waals surface area contributed by atoms with Crippen molar-refractivity contribution in [2.75, 3.05) is 39.3 Å². The van der Waals surface area contributed by atoms with Gasteiger partial charge in [0.2, 0.25) is 5.88 Å². The minimum Gasteiger partial charge on any atom is -0.493 e. The summed E-state index contributed by atoms with van der Waals surface area (Å²) in [5.74, 6) is -0.267. The predicted octanol–water partition coefficient (Wildman–Crippen LogP) is -0.459. The van der Waals surface area contributed by atoms with Gasteiger partial charge >= 0.3 is 5.69 Å². The highest BCUT2D eigenvalue weighted by Crippen LogP contribution is 2.28. The number of hydrogen-bond acceptors (Lipinski definition) is 9. The molecule has 0 atom stereocenters. The Balaban J connectivity index is 1.36. The van der Waals surface area contributed by atoms with Gasteiger partial charge in [-0.3, -0.25) is 19.7 Å². The van der Waals surface area contributed by atoms with Crippen molar-refractivity contribution in [3.8, 4) is 16.5 Å². The average Bonchev–Trinajstić information content (AvgIpc) is 3.26. The lowest BCUT2D eigenvalue weighted by Gasteiger charge is -2.34. The van der Waals surface area contributed by atoms with Gasteiger partial charge in [0.05, 0.1) is 34.3 Å². The number of carbonyl (C=O) groups excluding carboxylic acids is 1. The van der Waals surface area contributed by atoms with Gasteiger partial charge in [0.15, 0.2) is 11.1 Å². The fourth-order valence-electron chi connectivity index (χ4n) is 4.38. The fourth-order valence-corrected chi connectivity index (χ4v) is 5.32. The van der Waals surface area contributed by atoms with Gasteiger partial charge in [0.25, 0.3) is 5.91 Å². The summed E-state index contributed by atoms with van der Waals surface area (Å²) in [6, 6.07) is 5.86. The lowest BCUT2D eigenvalue weighted by molar-refractivity contribution is 0.0619. The van der Waals surface area contributed by atoms with Crippen LogP contribution in [0.15, 0.2) is 34.2 Å². The van der Waals surface area contributed by atoms with Gasteiger partial charge < -0.3 is 20.1 Å². The number of thiophene rings is 1. The van der Waals surface area contributed by atoms with Crippen LogP contribution in [0.1, 0.15) is 28.2 Å². The first-order chi connectivity index (χ1) is 18.0. The molecule has 2 aliphatic rings. The summed E-state index contributed by atoms with van der Waals surface area (Å²) in [4.78, 5) is 44.7. The Bertz CT molecular complexity index is 1640. The zero-order valence-electron chi connectivity index (χ0n) is 19.9. The summed E-state index contributed by atoms with van der Waals surface area (Å²) in [5, 5.41) is 24.2. The molecule has 37 heavy (non-hydrogen) atoms. The molecule has 4 aromatic rings. The van der Waals surface area contributed by atoms with E-state index in [4.69, 9.17) is 15.1 Å². The molecular formula is C24H26N8O4S. The third-order valence-corrected chi connectivity index (χ3v) is 7.62. The maximum Gasteiger partial charge on any atom is 0.326 e. The van der Waals surface area contributed by atoms with Gasteiger partial charge in [-0.15, -0.1) is 11.3 Å². The number of aliphatic hydroxyl groups is 1. The van der Waals surface area contributed by atoms with E-state index >= 15 is 0 Å². The molecule has 2 fully saturated rings. The summed E-state index contributed by atoms with van der Waals surface area (Å²) in [6.07, 6.45) is 5.28. The SMILES string of the molecule is O=C(c1ccc(-c2cc(=NC3CC3)n3ncc(=Cc4[nH]c(=O)[nH]c4O)c3n2)s1)N1CCN(CCO)CC1. The minimum absolute atomic E-state index is 0.00543. The summed E-state index contributed by atoms with van der Waals surface area (Å²) >= 11 is 1.39. The number of aliphatic hydroxyl groups excluding tert-OH is 1. The smallest absolute Gasteiger partial charge is 0.326 e. The normalized spacial score (nSPS) is 17.8. The largest absolute Gasteiger partial charge is 0.493 e. The van der Waals surface area contributed by atoms with Crippen LogP contribution in [-0.4, -0.2) is 95.9 Å². The number of piperazine rings is 1. The molecule has 13 heteroatoms. The molecule has 1 saturated heterocycles.